The van der Waals surface area contributed by atoms with Crippen LogP contribution in [0.15, 0.2) is 30.3 Å². The number of hydrogen-bond donors (Lipinski definition) is 0. The van der Waals surface area contributed by atoms with Crippen molar-refractivity contribution in [2.45, 2.75) is 33.2 Å². The van der Waals surface area contributed by atoms with Gasteiger partial charge in [-0.3, -0.25) is 14.3 Å². The number of rotatable bonds is 4. The Kier molecular flexibility index (Phi) is 5.58. The molecular formula is C20H25FN4O2. The molecule has 0 aliphatic carbocycles. The molecule has 2 amide bonds. The van der Waals surface area contributed by atoms with Crippen molar-refractivity contribution in [3.63, 3.8) is 0 Å². The summed E-state index contributed by atoms with van der Waals surface area (Å²) in [5, 5.41) is 4.51. The third kappa shape index (κ3) is 4.02. The fourth-order valence-electron chi connectivity index (χ4n) is 3.18. The second kappa shape index (κ2) is 7.90. The van der Waals surface area contributed by atoms with Crippen molar-refractivity contribution in [3.8, 4) is 0 Å². The molecular weight excluding hydrogens is 347 g/mol. The highest BCUT2D eigenvalue weighted by atomic mass is 19.1. The summed E-state index contributed by atoms with van der Waals surface area (Å²) in [5.74, 6) is -0.294. The number of piperazine rings is 1. The predicted molar refractivity (Wildman–Crippen MR) is 100 cm³/mol. The van der Waals surface area contributed by atoms with E-state index >= 15 is 0 Å². The van der Waals surface area contributed by atoms with Crippen LogP contribution in [0, 0.1) is 5.82 Å². The first-order valence-corrected chi connectivity index (χ1v) is 9.32. The summed E-state index contributed by atoms with van der Waals surface area (Å²) in [6, 6.07) is 7.41. The Balaban J connectivity index is 1.66. The van der Waals surface area contributed by atoms with E-state index in [0.717, 1.165) is 5.69 Å². The van der Waals surface area contributed by atoms with Gasteiger partial charge in [-0.2, -0.15) is 5.10 Å². The highest BCUT2D eigenvalue weighted by molar-refractivity contribution is 5.95. The van der Waals surface area contributed by atoms with E-state index in [-0.39, 0.29) is 23.5 Å². The van der Waals surface area contributed by atoms with Gasteiger partial charge in [-0.25, -0.2) is 4.39 Å². The highest BCUT2D eigenvalue weighted by Gasteiger charge is 2.27. The number of carbonyl (C=O) groups excluding carboxylic acids is 2. The number of aryl methyl sites for hydroxylation is 1. The lowest BCUT2D eigenvalue weighted by Gasteiger charge is -2.34. The third-order valence-electron chi connectivity index (χ3n) is 4.85. The van der Waals surface area contributed by atoms with Crippen LogP contribution in [-0.2, 0) is 6.54 Å². The van der Waals surface area contributed by atoms with Crippen molar-refractivity contribution >= 4 is 11.8 Å². The van der Waals surface area contributed by atoms with E-state index in [1.807, 2.05) is 13.0 Å². The number of benzene rings is 1. The van der Waals surface area contributed by atoms with Gasteiger partial charge in [-0.1, -0.05) is 13.8 Å². The third-order valence-corrected chi connectivity index (χ3v) is 4.85. The van der Waals surface area contributed by atoms with Crippen LogP contribution >= 0.6 is 0 Å². The molecule has 144 valence electrons. The van der Waals surface area contributed by atoms with Crippen LogP contribution in [0.4, 0.5) is 4.39 Å². The highest BCUT2D eigenvalue weighted by Crippen LogP contribution is 2.17. The summed E-state index contributed by atoms with van der Waals surface area (Å²) in [6.07, 6.45) is 0. The number of carbonyl (C=O) groups is 2. The summed E-state index contributed by atoms with van der Waals surface area (Å²) in [5.41, 5.74) is 1.96. The molecule has 0 saturated carbocycles. The monoisotopic (exact) mass is 372 g/mol. The molecule has 2 aromatic rings. The van der Waals surface area contributed by atoms with Crippen LogP contribution in [0.3, 0.4) is 0 Å². The Bertz CT molecular complexity index is 821. The van der Waals surface area contributed by atoms with Crippen molar-refractivity contribution in [2.24, 2.45) is 0 Å². The molecule has 1 aliphatic heterocycles. The lowest BCUT2D eigenvalue weighted by molar-refractivity contribution is 0.0528. The molecule has 3 rings (SSSR count). The van der Waals surface area contributed by atoms with E-state index < -0.39 is 0 Å². The predicted octanol–water partition coefficient (Wildman–Crippen LogP) is 2.76. The Hall–Kier alpha value is -2.70. The molecule has 2 heterocycles. The fourth-order valence-corrected chi connectivity index (χ4v) is 3.18. The maximum absolute atomic E-state index is 13.0. The van der Waals surface area contributed by atoms with Crippen molar-refractivity contribution < 1.29 is 14.0 Å². The van der Waals surface area contributed by atoms with E-state index in [4.69, 9.17) is 0 Å². The molecule has 0 radical (unpaired) electrons. The molecule has 6 nitrogen and oxygen atoms in total. The molecule has 1 aromatic carbocycles. The Morgan fingerprint density at radius 2 is 1.59 bits per heavy atom. The summed E-state index contributed by atoms with van der Waals surface area (Å²) < 4.78 is 14.8. The Morgan fingerprint density at radius 1 is 1.04 bits per heavy atom. The molecule has 0 atom stereocenters. The Labute approximate surface area is 158 Å². The van der Waals surface area contributed by atoms with E-state index in [9.17, 15) is 14.0 Å². The second-order valence-electron chi connectivity index (χ2n) is 7.02. The molecule has 1 saturated heterocycles. The minimum Gasteiger partial charge on any atom is -0.335 e. The van der Waals surface area contributed by atoms with Gasteiger partial charge in [0.2, 0.25) is 0 Å². The van der Waals surface area contributed by atoms with Crippen LogP contribution in [0.1, 0.15) is 53.2 Å². The molecule has 1 aromatic heterocycles. The standard InChI is InChI=1S/C20H25FN4O2/c1-4-25-18(13-17(22-25)14(2)3)20(27)24-11-9-23(10-12-24)19(26)15-5-7-16(21)8-6-15/h5-8,13-14H,4,9-12H2,1-3H3. The summed E-state index contributed by atoms with van der Waals surface area (Å²) in [6.45, 7) is 8.56. The average Bonchev–Trinajstić information content (AvgIpc) is 3.12. The van der Waals surface area contributed by atoms with Crippen molar-refractivity contribution in [1.29, 1.82) is 0 Å². The van der Waals surface area contributed by atoms with E-state index in [0.29, 0.717) is 44.0 Å². The van der Waals surface area contributed by atoms with Crippen LogP contribution < -0.4 is 0 Å². The lowest BCUT2D eigenvalue weighted by atomic mass is 10.1. The largest absolute Gasteiger partial charge is 0.335 e. The molecule has 0 bridgehead atoms. The van der Waals surface area contributed by atoms with Crippen LogP contribution in [0.5, 0.6) is 0 Å². The van der Waals surface area contributed by atoms with Gasteiger partial charge in [0.05, 0.1) is 5.69 Å². The zero-order valence-electron chi connectivity index (χ0n) is 16.0. The minimum atomic E-state index is -0.365. The normalized spacial score (nSPS) is 14.7. The van der Waals surface area contributed by atoms with Crippen LogP contribution in [0.25, 0.3) is 0 Å². The zero-order valence-corrected chi connectivity index (χ0v) is 16.0. The first-order valence-electron chi connectivity index (χ1n) is 9.32. The quantitative estimate of drug-likeness (QED) is 0.829. The number of amides is 2. The van der Waals surface area contributed by atoms with E-state index in [1.165, 1.54) is 24.3 Å². The average molecular weight is 372 g/mol. The molecule has 7 heteroatoms. The summed E-state index contributed by atoms with van der Waals surface area (Å²) in [4.78, 5) is 28.9. The van der Waals surface area contributed by atoms with Crippen molar-refractivity contribution in [2.75, 3.05) is 26.2 Å². The molecule has 0 N–H and O–H groups in total. The van der Waals surface area contributed by atoms with Gasteiger partial charge in [0, 0.05) is 38.3 Å². The topological polar surface area (TPSA) is 58.4 Å². The lowest BCUT2D eigenvalue weighted by Crippen LogP contribution is -2.50. The number of nitrogens with zero attached hydrogens (tertiary/aromatic N) is 4. The van der Waals surface area contributed by atoms with Gasteiger partial charge in [-0.05, 0) is 43.2 Å². The molecule has 27 heavy (non-hydrogen) atoms. The molecule has 0 spiro atoms. The second-order valence-corrected chi connectivity index (χ2v) is 7.02. The minimum absolute atomic E-state index is 0.0508. The number of aromatic nitrogens is 2. The van der Waals surface area contributed by atoms with Crippen LogP contribution in [0.2, 0.25) is 0 Å². The van der Waals surface area contributed by atoms with Gasteiger partial charge >= 0.3 is 0 Å². The first kappa shape index (κ1) is 19.1. The van der Waals surface area contributed by atoms with Gasteiger partial charge in [0.1, 0.15) is 11.5 Å². The SMILES string of the molecule is CCn1nc(C(C)C)cc1C(=O)N1CCN(C(=O)c2ccc(F)cc2)CC1. The van der Waals surface area contributed by atoms with Gasteiger partial charge in [0.15, 0.2) is 0 Å². The van der Waals surface area contributed by atoms with Gasteiger partial charge in [0.25, 0.3) is 11.8 Å². The van der Waals surface area contributed by atoms with E-state index in [1.54, 1.807) is 14.5 Å². The molecule has 0 unspecified atom stereocenters. The summed E-state index contributed by atoms with van der Waals surface area (Å²) >= 11 is 0. The summed E-state index contributed by atoms with van der Waals surface area (Å²) in [7, 11) is 0. The van der Waals surface area contributed by atoms with Gasteiger partial charge < -0.3 is 9.80 Å². The number of halogens is 1. The smallest absolute Gasteiger partial charge is 0.272 e. The number of hydrogen-bond acceptors (Lipinski definition) is 3. The molecule has 1 fully saturated rings. The van der Waals surface area contributed by atoms with Crippen molar-refractivity contribution in [3.05, 3.63) is 53.1 Å². The molecule has 1 aliphatic rings. The first-order chi connectivity index (χ1) is 12.9. The van der Waals surface area contributed by atoms with Crippen LogP contribution in [-0.4, -0.2) is 57.6 Å². The fraction of sp³-hybridized carbons (Fsp3) is 0.450. The van der Waals surface area contributed by atoms with Crippen molar-refractivity contribution in [1.82, 2.24) is 19.6 Å². The maximum Gasteiger partial charge on any atom is 0.272 e. The van der Waals surface area contributed by atoms with Gasteiger partial charge in [-0.15, -0.1) is 0 Å². The maximum atomic E-state index is 13.0. The van der Waals surface area contributed by atoms with E-state index in [2.05, 4.69) is 18.9 Å². The zero-order chi connectivity index (χ0) is 19.6. The Morgan fingerprint density at radius 3 is 2.11 bits per heavy atom.